The van der Waals surface area contributed by atoms with Gasteiger partial charge in [0, 0.05) is 27.3 Å². The molecular weight excluding hydrogens is 606 g/mol. The zero-order valence-electron chi connectivity index (χ0n) is 26.3. The number of rotatable bonds is 24. The van der Waals surface area contributed by atoms with E-state index in [4.69, 9.17) is 34.0 Å². The van der Waals surface area contributed by atoms with Crippen molar-refractivity contribution in [2.75, 3.05) is 85.8 Å². The summed E-state index contributed by atoms with van der Waals surface area (Å²) in [5.74, 6) is 0.127. The van der Waals surface area contributed by atoms with Gasteiger partial charge in [0.2, 0.25) is 6.54 Å². The predicted octanol–water partition coefficient (Wildman–Crippen LogP) is 6.02. The summed E-state index contributed by atoms with van der Waals surface area (Å²) < 4.78 is 33.2. The first-order chi connectivity index (χ1) is 23.2. The van der Waals surface area contributed by atoms with E-state index in [0.717, 1.165) is 33.3 Å². The van der Waals surface area contributed by atoms with Gasteiger partial charge in [-0.05, 0) is 40.4 Å². The molecule has 0 radical (unpaired) electrons. The molecule has 0 amide bonds. The molecule has 1 aromatic heterocycles. The molecule has 0 aliphatic heterocycles. The number of fused-ring (bicyclic) bond motifs is 1. The Morgan fingerprint density at radius 2 is 1.34 bits per heavy atom. The van der Waals surface area contributed by atoms with Gasteiger partial charge in [-0.25, -0.2) is 0 Å². The van der Waals surface area contributed by atoms with Crippen molar-refractivity contribution in [3.05, 3.63) is 111 Å². The minimum Gasteiger partial charge on any atom is -0.491 e. The zero-order chi connectivity index (χ0) is 32.9. The average molecular weight is 648 g/mol. The maximum atomic E-state index is 11.9. The number of hydrogen-bond donors (Lipinski definition) is 1. The Hall–Kier alpha value is -4.49. The quantitative estimate of drug-likeness (QED) is 0.0241. The van der Waals surface area contributed by atoms with Crippen LogP contribution in [-0.2, 0) is 23.7 Å². The van der Waals surface area contributed by atoms with Gasteiger partial charge in [0.15, 0.2) is 0 Å². The Morgan fingerprint density at radius 1 is 0.745 bits per heavy atom. The van der Waals surface area contributed by atoms with Gasteiger partial charge in [0.25, 0.3) is 0 Å². The molecular formula is C34H41N5O8. The lowest BCUT2D eigenvalue weighted by Crippen LogP contribution is -2.15. The lowest BCUT2D eigenvalue weighted by Gasteiger charge is -2.17. The summed E-state index contributed by atoms with van der Waals surface area (Å²) in [6, 6.07) is 25.3. The van der Waals surface area contributed by atoms with Gasteiger partial charge in [0.1, 0.15) is 12.4 Å². The van der Waals surface area contributed by atoms with Crippen LogP contribution in [0.4, 0.5) is 0 Å². The van der Waals surface area contributed by atoms with Crippen molar-refractivity contribution in [3.8, 4) is 17.0 Å². The largest absolute Gasteiger partial charge is 0.491 e. The Bertz CT molecular complexity index is 1540. The monoisotopic (exact) mass is 647 g/mol. The zero-order valence-corrected chi connectivity index (χ0v) is 26.3. The number of ether oxygens (including phenoxy) is 6. The number of nitrogens with zero attached hydrogens (tertiary/aromatic N) is 4. The fourth-order valence-electron chi connectivity index (χ4n) is 5.04. The van der Waals surface area contributed by atoms with Crippen molar-refractivity contribution in [2.24, 2.45) is 5.11 Å². The van der Waals surface area contributed by atoms with Crippen LogP contribution in [-0.4, -0.2) is 95.7 Å². The molecule has 1 N–H and O–H groups in total. The molecule has 13 heteroatoms. The number of aromatic nitrogens is 1. The second-order valence-electron chi connectivity index (χ2n) is 10.3. The van der Waals surface area contributed by atoms with Crippen molar-refractivity contribution < 1.29 is 33.3 Å². The summed E-state index contributed by atoms with van der Waals surface area (Å²) >= 11 is 0. The van der Waals surface area contributed by atoms with Crippen molar-refractivity contribution in [3.63, 3.8) is 0 Å². The maximum Gasteiger partial charge on any atom is 0.214 e. The smallest absolute Gasteiger partial charge is 0.214 e. The summed E-state index contributed by atoms with van der Waals surface area (Å²) in [6.07, 6.45) is 0. The first-order valence-electron chi connectivity index (χ1n) is 15.6. The van der Waals surface area contributed by atoms with Crippen LogP contribution in [0, 0.1) is 10.1 Å². The van der Waals surface area contributed by atoms with Gasteiger partial charge >= 0.3 is 0 Å². The first-order valence-corrected chi connectivity index (χ1v) is 15.6. The maximum absolute atomic E-state index is 11.9. The molecule has 0 saturated carbocycles. The third-order valence-electron chi connectivity index (χ3n) is 7.13. The molecule has 1 unspecified atom stereocenters. The Labute approximate surface area is 273 Å². The molecule has 250 valence electrons. The van der Waals surface area contributed by atoms with Gasteiger partial charge < -0.3 is 33.4 Å². The highest BCUT2D eigenvalue weighted by Gasteiger charge is 2.27. The molecule has 0 saturated heterocycles. The number of aromatic amines is 1. The summed E-state index contributed by atoms with van der Waals surface area (Å²) in [6.45, 7) is 4.68. The molecule has 0 fully saturated rings. The van der Waals surface area contributed by atoms with Crippen LogP contribution < -0.4 is 4.74 Å². The van der Waals surface area contributed by atoms with Gasteiger partial charge in [-0.3, -0.25) is 10.1 Å². The SMILES string of the molecule is [N-]=[N+]=NCCOCCOCCOCCOCCOCCOc1cccc(C(C[N+](=O)[O-])c2c(-c3ccccc3)[nH]c3ccccc23)c1. The molecule has 3 aromatic carbocycles. The first kappa shape index (κ1) is 35.4. The summed E-state index contributed by atoms with van der Waals surface area (Å²) in [7, 11) is 0. The predicted molar refractivity (Wildman–Crippen MR) is 177 cm³/mol. The highest BCUT2D eigenvalue weighted by atomic mass is 16.6. The van der Waals surface area contributed by atoms with Gasteiger partial charge in [0.05, 0.1) is 77.7 Å². The molecule has 0 spiro atoms. The number of azide groups is 1. The summed E-state index contributed by atoms with van der Waals surface area (Å²) in [5.41, 5.74) is 12.6. The number of H-pyrrole nitrogens is 1. The second-order valence-corrected chi connectivity index (χ2v) is 10.3. The van der Waals surface area contributed by atoms with Gasteiger partial charge in [-0.2, -0.15) is 0 Å². The Balaban J connectivity index is 1.17. The fourth-order valence-corrected chi connectivity index (χ4v) is 5.04. The topological polar surface area (TPSA) is 163 Å². The molecule has 0 bridgehead atoms. The van der Waals surface area contributed by atoms with Crippen molar-refractivity contribution >= 4 is 10.9 Å². The average Bonchev–Trinajstić information content (AvgIpc) is 3.48. The third kappa shape index (κ3) is 12.0. The standard InChI is InChI=1S/C34H41N5O8/c35-38-36-13-14-42-15-16-43-17-18-44-19-20-45-21-22-46-23-24-47-29-10-6-9-28(25-29)31(26-39(40)41)33-30-11-4-5-12-32(30)37-34(33)27-7-2-1-3-8-27/h1-12,25,31,37H,13-24,26H2. The Morgan fingerprint density at radius 3 is 1.98 bits per heavy atom. The van der Waals surface area contributed by atoms with Crippen LogP contribution in [0.5, 0.6) is 5.75 Å². The van der Waals surface area contributed by atoms with E-state index in [1.165, 1.54) is 0 Å². The van der Waals surface area contributed by atoms with Gasteiger partial charge in [-0.15, -0.1) is 0 Å². The molecule has 4 aromatic rings. The van der Waals surface area contributed by atoms with E-state index >= 15 is 0 Å². The number of para-hydroxylation sites is 1. The van der Waals surface area contributed by atoms with Crippen LogP contribution in [0.15, 0.2) is 84.0 Å². The summed E-state index contributed by atoms with van der Waals surface area (Å²) in [5, 5.41) is 16.3. The van der Waals surface area contributed by atoms with Crippen LogP contribution in [0.3, 0.4) is 0 Å². The van der Waals surface area contributed by atoms with Crippen LogP contribution in [0.1, 0.15) is 17.0 Å². The third-order valence-corrected chi connectivity index (χ3v) is 7.13. The van der Waals surface area contributed by atoms with Crippen LogP contribution in [0.25, 0.3) is 32.6 Å². The molecule has 0 aliphatic carbocycles. The lowest BCUT2D eigenvalue weighted by atomic mass is 9.87. The van der Waals surface area contributed by atoms with E-state index in [9.17, 15) is 10.1 Å². The number of nitro groups is 1. The van der Waals surface area contributed by atoms with Gasteiger partial charge in [-0.1, -0.05) is 65.8 Å². The van der Waals surface area contributed by atoms with Crippen LogP contribution >= 0.6 is 0 Å². The molecule has 1 atom stereocenters. The van der Waals surface area contributed by atoms with E-state index in [1.54, 1.807) is 0 Å². The number of nitrogens with one attached hydrogen (secondary N) is 1. The Kier molecular flexibility index (Phi) is 15.5. The number of hydrogen-bond acceptors (Lipinski definition) is 9. The van der Waals surface area contributed by atoms with E-state index < -0.39 is 5.92 Å². The lowest BCUT2D eigenvalue weighted by molar-refractivity contribution is -0.481. The molecule has 1 heterocycles. The highest BCUT2D eigenvalue weighted by molar-refractivity contribution is 5.92. The number of benzene rings is 3. The van der Waals surface area contributed by atoms with Crippen molar-refractivity contribution in [1.82, 2.24) is 4.98 Å². The van der Waals surface area contributed by atoms with Crippen molar-refractivity contribution in [2.45, 2.75) is 5.92 Å². The van der Waals surface area contributed by atoms with Crippen LogP contribution in [0.2, 0.25) is 0 Å². The van der Waals surface area contributed by atoms with E-state index in [-0.39, 0.29) is 11.5 Å². The minimum atomic E-state index is -0.494. The van der Waals surface area contributed by atoms with E-state index in [0.29, 0.717) is 85.0 Å². The second kappa shape index (κ2) is 20.6. The fraction of sp³-hybridized carbons (Fsp3) is 0.412. The molecule has 13 nitrogen and oxygen atoms in total. The normalized spacial score (nSPS) is 11.7. The van der Waals surface area contributed by atoms with E-state index in [2.05, 4.69) is 15.0 Å². The molecule has 4 rings (SSSR count). The molecule has 47 heavy (non-hydrogen) atoms. The molecule has 0 aliphatic rings. The summed E-state index contributed by atoms with van der Waals surface area (Å²) in [4.78, 5) is 17.8. The highest BCUT2D eigenvalue weighted by Crippen LogP contribution is 2.39. The van der Waals surface area contributed by atoms with Crippen molar-refractivity contribution in [1.29, 1.82) is 0 Å². The van der Waals surface area contributed by atoms with E-state index in [1.807, 2.05) is 78.9 Å². The minimum absolute atomic E-state index is 0.259.